The molecule has 0 heterocycles. The third kappa shape index (κ3) is 4.05. The van der Waals surface area contributed by atoms with Crippen LogP contribution < -0.4 is 0 Å². The number of hydrogen-bond acceptors (Lipinski definition) is 2. The van der Waals surface area contributed by atoms with E-state index in [9.17, 15) is 9.18 Å². The Bertz CT molecular complexity index is 570. The molecule has 0 aliphatic heterocycles. The average molecular weight is 289 g/mol. The van der Waals surface area contributed by atoms with Crippen molar-refractivity contribution in [2.24, 2.45) is 0 Å². The largest absolute Gasteiger partial charge is 0.395 e. The fraction of sp³-hybridized carbons (Fsp3) is 0.471. The van der Waals surface area contributed by atoms with Gasteiger partial charge < -0.3 is 10.0 Å². The first-order valence-corrected chi connectivity index (χ1v) is 7.37. The molecule has 0 atom stereocenters. The molecule has 3 nitrogen and oxygen atoms in total. The number of rotatable bonds is 5. The molecule has 1 aromatic rings. The molecule has 112 valence electrons. The van der Waals surface area contributed by atoms with Gasteiger partial charge in [0.2, 0.25) is 0 Å². The lowest BCUT2D eigenvalue weighted by atomic mass is 10.1. The van der Waals surface area contributed by atoms with Crippen LogP contribution in [-0.4, -0.2) is 35.1 Å². The van der Waals surface area contributed by atoms with E-state index in [2.05, 4.69) is 11.8 Å². The lowest BCUT2D eigenvalue weighted by Gasteiger charge is -2.22. The number of carbonyl (C=O) groups excluding carboxylic acids is 1. The Balaban J connectivity index is 2.29. The van der Waals surface area contributed by atoms with Crippen molar-refractivity contribution in [3.8, 4) is 11.8 Å². The summed E-state index contributed by atoms with van der Waals surface area (Å²) >= 11 is 0. The van der Waals surface area contributed by atoms with E-state index in [-0.39, 0.29) is 12.5 Å². The van der Waals surface area contributed by atoms with Crippen molar-refractivity contribution in [1.82, 2.24) is 4.90 Å². The second-order valence-electron chi connectivity index (χ2n) is 5.20. The topological polar surface area (TPSA) is 40.5 Å². The fourth-order valence-corrected chi connectivity index (χ4v) is 2.25. The van der Waals surface area contributed by atoms with Crippen LogP contribution in [0.15, 0.2) is 18.2 Å². The van der Waals surface area contributed by atoms with Crippen LogP contribution >= 0.6 is 0 Å². The fourth-order valence-electron chi connectivity index (χ4n) is 2.25. The van der Waals surface area contributed by atoms with Crippen LogP contribution in [0.25, 0.3) is 0 Å². The van der Waals surface area contributed by atoms with Crippen LogP contribution in [0.2, 0.25) is 0 Å². The van der Waals surface area contributed by atoms with Crippen molar-refractivity contribution in [2.75, 3.05) is 13.2 Å². The lowest BCUT2D eigenvalue weighted by Crippen LogP contribution is -2.34. The lowest BCUT2D eigenvalue weighted by molar-refractivity contribution is 0.0743. The average Bonchev–Trinajstić information content (AvgIpc) is 3.29. The second-order valence-corrected chi connectivity index (χ2v) is 5.20. The van der Waals surface area contributed by atoms with Crippen LogP contribution in [0.1, 0.15) is 48.5 Å². The molecule has 1 aliphatic rings. The monoisotopic (exact) mass is 289 g/mol. The van der Waals surface area contributed by atoms with Gasteiger partial charge in [-0.05, 0) is 37.5 Å². The minimum absolute atomic E-state index is 0.0460. The van der Waals surface area contributed by atoms with Gasteiger partial charge in [-0.25, -0.2) is 4.39 Å². The molecule has 0 unspecified atom stereocenters. The van der Waals surface area contributed by atoms with Gasteiger partial charge in [0.05, 0.1) is 12.2 Å². The number of hydrogen-bond donors (Lipinski definition) is 1. The first-order chi connectivity index (χ1) is 10.2. The molecule has 0 spiro atoms. The van der Waals surface area contributed by atoms with Gasteiger partial charge in [0.1, 0.15) is 5.82 Å². The van der Waals surface area contributed by atoms with E-state index in [4.69, 9.17) is 5.11 Å². The van der Waals surface area contributed by atoms with Crippen LogP contribution in [-0.2, 0) is 0 Å². The summed E-state index contributed by atoms with van der Waals surface area (Å²) in [7, 11) is 0. The van der Waals surface area contributed by atoms with E-state index in [1.807, 2.05) is 11.8 Å². The number of halogens is 1. The molecule has 1 amide bonds. The summed E-state index contributed by atoms with van der Waals surface area (Å²) in [6, 6.07) is 4.41. The molecule has 1 saturated carbocycles. The second kappa shape index (κ2) is 7.24. The van der Waals surface area contributed by atoms with Crippen molar-refractivity contribution >= 4 is 5.91 Å². The SMILES string of the molecule is CCCN(C(=O)c1ccc(F)cc1C#CCCO)C1CC1. The Hall–Kier alpha value is -1.86. The highest BCUT2D eigenvalue weighted by Gasteiger charge is 2.33. The Labute approximate surface area is 124 Å². The zero-order valence-corrected chi connectivity index (χ0v) is 12.2. The van der Waals surface area contributed by atoms with Gasteiger partial charge in [-0.1, -0.05) is 18.8 Å². The first-order valence-electron chi connectivity index (χ1n) is 7.37. The minimum atomic E-state index is -0.409. The van der Waals surface area contributed by atoms with E-state index in [1.165, 1.54) is 18.2 Å². The highest BCUT2D eigenvalue weighted by molar-refractivity contribution is 5.97. The molecule has 0 aromatic heterocycles. The third-order valence-electron chi connectivity index (χ3n) is 3.38. The van der Waals surface area contributed by atoms with Gasteiger partial charge in [0.25, 0.3) is 5.91 Å². The van der Waals surface area contributed by atoms with Gasteiger partial charge in [0.15, 0.2) is 0 Å². The van der Waals surface area contributed by atoms with Crippen molar-refractivity contribution in [2.45, 2.75) is 38.6 Å². The molecule has 0 bridgehead atoms. The van der Waals surface area contributed by atoms with Crippen molar-refractivity contribution in [3.63, 3.8) is 0 Å². The summed E-state index contributed by atoms with van der Waals surface area (Å²) in [5, 5.41) is 8.76. The zero-order valence-electron chi connectivity index (χ0n) is 12.2. The van der Waals surface area contributed by atoms with E-state index in [1.54, 1.807) is 0 Å². The van der Waals surface area contributed by atoms with Gasteiger partial charge in [-0.2, -0.15) is 0 Å². The number of benzene rings is 1. The van der Waals surface area contributed by atoms with Gasteiger partial charge in [-0.3, -0.25) is 4.79 Å². The third-order valence-corrected chi connectivity index (χ3v) is 3.38. The zero-order chi connectivity index (χ0) is 15.2. The Morgan fingerprint density at radius 3 is 2.86 bits per heavy atom. The molecule has 1 N–H and O–H groups in total. The predicted molar refractivity (Wildman–Crippen MR) is 79.3 cm³/mol. The summed E-state index contributed by atoms with van der Waals surface area (Å²) in [4.78, 5) is 14.5. The minimum Gasteiger partial charge on any atom is -0.395 e. The van der Waals surface area contributed by atoms with Crippen molar-refractivity contribution < 1.29 is 14.3 Å². The van der Waals surface area contributed by atoms with E-state index in [0.29, 0.717) is 30.1 Å². The molecule has 4 heteroatoms. The number of carbonyl (C=O) groups is 1. The van der Waals surface area contributed by atoms with Gasteiger partial charge in [0, 0.05) is 24.6 Å². The molecule has 21 heavy (non-hydrogen) atoms. The van der Waals surface area contributed by atoms with Crippen LogP contribution in [0.5, 0.6) is 0 Å². The Morgan fingerprint density at radius 2 is 2.24 bits per heavy atom. The Kier molecular flexibility index (Phi) is 5.35. The standard InChI is InChI=1S/C17H20FNO2/c1-2-10-19(15-7-8-15)17(21)16-9-6-14(18)12-13(16)5-3-4-11-20/h6,9,12,15,20H,2,4,7-8,10-11H2,1H3. The maximum Gasteiger partial charge on any atom is 0.255 e. The summed E-state index contributed by atoms with van der Waals surface area (Å²) in [5.41, 5.74) is 0.845. The molecular weight excluding hydrogens is 269 g/mol. The van der Waals surface area contributed by atoms with E-state index < -0.39 is 5.82 Å². The molecule has 1 fully saturated rings. The van der Waals surface area contributed by atoms with Crippen molar-refractivity contribution in [3.05, 3.63) is 35.1 Å². The van der Waals surface area contributed by atoms with Crippen LogP contribution in [0.3, 0.4) is 0 Å². The molecule has 2 rings (SSSR count). The first kappa shape index (κ1) is 15.5. The molecule has 1 aliphatic carbocycles. The van der Waals surface area contributed by atoms with Crippen LogP contribution in [0.4, 0.5) is 4.39 Å². The molecule has 1 aromatic carbocycles. The molecule has 0 radical (unpaired) electrons. The van der Waals surface area contributed by atoms with Gasteiger partial charge in [-0.15, -0.1) is 0 Å². The number of aliphatic hydroxyl groups excluding tert-OH is 1. The summed E-state index contributed by atoms with van der Waals surface area (Å²) in [6.45, 7) is 2.70. The Morgan fingerprint density at radius 1 is 1.48 bits per heavy atom. The highest BCUT2D eigenvalue weighted by Crippen LogP contribution is 2.29. The van der Waals surface area contributed by atoms with Gasteiger partial charge >= 0.3 is 0 Å². The molecule has 0 saturated heterocycles. The normalized spacial score (nSPS) is 13.5. The number of amides is 1. The predicted octanol–water partition coefficient (Wildman–Crippen LogP) is 2.57. The van der Waals surface area contributed by atoms with E-state index in [0.717, 1.165) is 19.3 Å². The number of aliphatic hydroxyl groups is 1. The maximum atomic E-state index is 13.4. The smallest absolute Gasteiger partial charge is 0.255 e. The van der Waals surface area contributed by atoms with E-state index >= 15 is 0 Å². The van der Waals surface area contributed by atoms with Crippen molar-refractivity contribution in [1.29, 1.82) is 0 Å². The summed E-state index contributed by atoms with van der Waals surface area (Å²) in [6.07, 6.45) is 3.29. The summed E-state index contributed by atoms with van der Waals surface area (Å²) < 4.78 is 13.4. The maximum absolute atomic E-state index is 13.4. The quantitative estimate of drug-likeness (QED) is 0.846. The molecular formula is C17H20FNO2. The van der Waals surface area contributed by atoms with Crippen LogP contribution in [0, 0.1) is 17.7 Å². The summed E-state index contributed by atoms with van der Waals surface area (Å²) in [5.74, 6) is 5.06. The number of nitrogens with zero attached hydrogens (tertiary/aromatic N) is 1. The highest BCUT2D eigenvalue weighted by atomic mass is 19.1.